The Hall–Kier alpha value is -3.46. The number of rotatable bonds is 4. The number of imidazole rings is 1. The topological polar surface area (TPSA) is 41.0 Å². The molecule has 0 unspecified atom stereocenters. The molecule has 0 fully saturated rings. The lowest BCUT2D eigenvalue weighted by Gasteiger charge is -2.30. The summed E-state index contributed by atoms with van der Waals surface area (Å²) in [7, 11) is 0. The first-order valence-corrected chi connectivity index (χ1v) is 13.5. The third kappa shape index (κ3) is 3.40. The van der Waals surface area contributed by atoms with Crippen molar-refractivity contribution in [3.8, 4) is 33.5 Å². The van der Waals surface area contributed by atoms with Gasteiger partial charge in [-0.25, -0.2) is 4.98 Å². The monoisotopic (exact) mass is 471 g/mol. The fourth-order valence-electron chi connectivity index (χ4n) is 6.34. The number of H-pyrrole nitrogens is 1. The Kier molecular flexibility index (Phi) is 4.86. The minimum atomic E-state index is 0.411. The maximum atomic E-state index is 4.87. The van der Waals surface area contributed by atoms with Crippen LogP contribution in [0.4, 0.5) is 5.69 Å². The Labute approximate surface area is 213 Å². The maximum Gasteiger partial charge on any atom is 0.109 e. The van der Waals surface area contributed by atoms with E-state index in [2.05, 4.69) is 80.1 Å². The van der Waals surface area contributed by atoms with Crippen LogP contribution in [0.1, 0.15) is 67.3 Å². The largest absolute Gasteiger partial charge is 0.342 e. The average molecular weight is 472 g/mol. The van der Waals surface area contributed by atoms with E-state index in [4.69, 9.17) is 4.99 Å². The summed E-state index contributed by atoms with van der Waals surface area (Å²) in [5, 5.41) is 0. The molecule has 1 N–H and O–H groups in total. The maximum absolute atomic E-state index is 4.87. The van der Waals surface area contributed by atoms with Crippen LogP contribution in [0.15, 0.2) is 53.7 Å². The van der Waals surface area contributed by atoms with Gasteiger partial charge in [-0.2, -0.15) is 0 Å². The van der Waals surface area contributed by atoms with Crippen molar-refractivity contribution in [2.45, 2.75) is 65.7 Å². The highest BCUT2D eigenvalue weighted by Crippen LogP contribution is 2.46. The molecule has 0 bridgehead atoms. The smallest absolute Gasteiger partial charge is 0.109 e. The van der Waals surface area contributed by atoms with Crippen LogP contribution in [0.5, 0.6) is 0 Å². The number of aliphatic imine (C=N–C) groups is 1. The van der Waals surface area contributed by atoms with Gasteiger partial charge in [0.15, 0.2) is 0 Å². The van der Waals surface area contributed by atoms with Crippen molar-refractivity contribution in [2.24, 2.45) is 10.9 Å². The first-order valence-electron chi connectivity index (χ1n) is 13.5. The number of hydrogen-bond acceptors (Lipinski definition) is 2. The van der Waals surface area contributed by atoms with E-state index in [1.807, 2.05) is 6.20 Å². The van der Waals surface area contributed by atoms with E-state index >= 15 is 0 Å². The van der Waals surface area contributed by atoms with Crippen molar-refractivity contribution in [1.29, 1.82) is 0 Å². The Morgan fingerprint density at radius 3 is 1.81 bits per heavy atom. The molecule has 0 saturated carbocycles. The highest BCUT2D eigenvalue weighted by Gasteiger charge is 2.28. The molecule has 0 amide bonds. The number of fused-ring (bicyclic) bond motifs is 1. The number of nitrogens with zero attached hydrogens (tertiary/aromatic N) is 2. The number of nitrogens with one attached hydrogen (secondary N) is 1. The Morgan fingerprint density at radius 2 is 1.25 bits per heavy atom. The average Bonchev–Trinajstić information content (AvgIpc) is 3.54. The summed E-state index contributed by atoms with van der Waals surface area (Å²) in [5.74, 6) is 1.98. The fourth-order valence-corrected chi connectivity index (χ4v) is 6.34. The number of benzene rings is 3. The molecule has 3 heteroatoms. The Balaban J connectivity index is 1.27. The summed E-state index contributed by atoms with van der Waals surface area (Å²) in [6.07, 6.45) is 7.43. The molecule has 2 aliphatic carbocycles. The Bertz CT molecular complexity index is 1510. The number of aromatic nitrogens is 2. The van der Waals surface area contributed by atoms with Crippen molar-refractivity contribution in [3.05, 3.63) is 82.3 Å². The van der Waals surface area contributed by atoms with Gasteiger partial charge in [0.1, 0.15) is 5.82 Å². The molecule has 3 aliphatic rings. The molecule has 0 saturated heterocycles. The lowest BCUT2D eigenvalue weighted by Crippen LogP contribution is -2.14. The number of aryl methyl sites for hydroxylation is 4. The van der Waals surface area contributed by atoms with E-state index in [1.54, 1.807) is 0 Å². The lowest BCUT2D eigenvalue weighted by molar-refractivity contribution is 0.795. The first kappa shape index (κ1) is 21.8. The summed E-state index contributed by atoms with van der Waals surface area (Å²) in [4.78, 5) is 13.0. The number of hydrogen-bond donors (Lipinski definition) is 1. The van der Waals surface area contributed by atoms with E-state index in [0.29, 0.717) is 11.8 Å². The standard InChI is InChI=1S/C33H33N3/c1-18(2)29-16-27-11-20(9-10-28(27)35-29)25-12-21-5-7-23-14-26(30-17-34-33(36-30)19(3)4)15-24-8-6-22(13-25)31(21)32(23)24/h9-15,17-19H,5-8,16H2,1-4H3,(H,34,36). The molecule has 36 heavy (non-hydrogen) atoms. The number of aromatic amines is 1. The van der Waals surface area contributed by atoms with Crippen LogP contribution in [0.3, 0.4) is 0 Å². The van der Waals surface area contributed by atoms with Crippen LogP contribution >= 0.6 is 0 Å². The van der Waals surface area contributed by atoms with Crippen molar-refractivity contribution in [1.82, 2.24) is 9.97 Å². The van der Waals surface area contributed by atoms with Gasteiger partial charge in [0.25, 0.3) is 0 Å². The van der Waals surface area contributed by atoms with Crippen molar-refractivity contribution < 1.29 is 0 Å². The zero-order valence-electron chi connectivity index (χ0n) is 21.7. The van der Waals surface area contributed by atoms with Crippen LogP contribution in [-0.4, -0.2) is 15.7 Å². The lowest BCUT2D eigenvalue weighted by atomic mass is 9.74. The SMILES string of the molecule is CC(C)C1=Nc2ccc(-c3cc4c5c(c3)CCc3cc(-c6cnc(C(C)C)[nH]6)cc(c3-5)CC4)cc2C1. The molecule has 0 spiro atoms. The van der Waals surface area contributed by atoms with Gasteiger partial charge in [-0.1, -0.05) is 45.9 Å². The molecule has 4 aromatic rings. The normalized spacial score (nSPS) is 15.3. The van der Waals surface area contributed by atoms with E-state index in [0.717, 1.165) is 49.3 Å². The highest BCUT2D eigenvalue weighted by molar-refractivity contribution is 5.96. The summed E-state index contributed by atoms with van der Waals surface area (Å²) >= 11 is 0. The van der Waals surface area contributed by atoms with Crippen LogP contribution in [0, 0.1) is 5.92 Å². The molecule has 1 aliphatic heterocycles. The molecule has 7 rings (SSSR count). The third-order valence-electron chi connectivity index (χ3n) is 8.35. The second-order valence-corrected chi connectivity index (χ2v) is 11.5. The summed E-state index contributed by atoms with van der Waals surface area (Å²) in [6.45, 7) is 8.86. The van der Waals surface area contributed by atoms with Gasteiger partial charge in [-0.3, -0.25) is 4.99 Å². The van der Waals surface area contributed by atoms with E-state index < -0.39 is 0 Å². The summed E-state index contributed by atoms with van der Waals surface area (Å²) < 4.78 is 0. The zero-order valence-corrected chi connectivity index (χ0v) is 21.7. The minimum Gasteiger partial charge on any atom is -0.342 e. The van der Waals surface area contributed by atoms with Gasteiger partial charge in [0, 0.05) is 23.6 Å². The molecule has 0 atom stereocenters. The molecule has 3 nitrogen and oxygen atoms in total. The quantitative estimate of drug-likeness (QED) is 0.322. The van der Waals surface area contributed by atoms with Gasteiger partial charge in [-0.15, -0.1) is 0 Å². The van der Waals surface area contributed by atoms with E-state index in [-0.39, 0.29) is 0 Å². The zero-order chi connectivity index (χ0) is 24.6. The second-order valence-electron chi connectivity index (χ2n) is 11.5. The second kappa shape index (κ2) is 8.03. The predicted molar refractivity (Wildman–Crippen MR) is 149 cm³/mol. The first-order chi connectivity index (χ1) is 17.4. The van der Waals surface area contributed by atoms with Crippen LogP contribution in [0.2, 0.25) is 0 Å². The van der Waals surface area contributed by atoms with Crippen LogP contribution in [-0.2, 0) is 32.1 Å². The van der Waals surface area contributed by atoms with Crippen LogP contribution in [0.25, 0.3) is 33.5 Å². The van der Waals surface area contributed by atoms with Crippen molar-refractivity contribution in [3.63, 3.8) is 0 Å². The van der Waals surface area contributed by atoms with Crippen molar-refractivity contribution in [2.75, 3.05) is 0 Å². The molecule has 0 radical (unpaired) electrons. The van der Waals surface area contributed by atoms with Gasteiger partial charge in [0.05, 0.1) is 17.6 Å². The third-order valence-corrected chi connectivity index (χ3v) is 8.35. The highest BCUT2D eigenvalue weighted by atomic mass is 14.9. The molecule has 1 aromatic heterocycles. The van der Waals surface area contributed by atoms with Gasteiger partial charge in [-0.05, 0) is 106 Å². The van der Waals surface area contributed by atoms with Gasteiger partial charge in [0.2, 0.25) is 0 Å². The Morgan fingerprint density at radius 1 is 0.667 bits per heavy atom. The van der Waals surface area contributed by atoms with Crippen molar-refractivity contribution >= 4 is 11.4 Å². The van der Waals surface area contributed by atoms with E-state index in [1.165, 1.54) is 61.3 Å². The summed E-state index contributed by atoms with van der Waals surface area (Å²) in [6, 6.07) is 16.6. The molecule has 2 heterocycles. The van der Waals surface area contributed by atoms with Gasteiger partial charge < -0.3 is 4.98 Å². The molecular formula is C33H33N3. The van der Waals surface area contributed by atoms with E-state index in [9.17, 15) is 0 Å². The minimum absolute atomic E-state index is 0.411. The van der Waals surface area contributed by atoms with Crippen LogP contribution < -0.4 is 0 Å². The summed E-state index contributed by atoms with van der Waals surface area (Å²) in [5.41, 5.74) is 18.1. The predicted octanol–water partition coefficient (Wildman–Crippen LogP) is 8.02. The molecule has 180 valence electrons. The molecular weight excluding hydrogens is 438 g/mol. The molecule has 3 aromatic carbocycles. The fraction of sp³-hybridized carbons (Fsp3) is 0.333. The van der Waals surface area contributed by atoms with Gasteiger partial charge >= 0.3 is 0 Å².